The van der Waals surface area contributed by atoms with Crippen LogP contribution in [0.25, 0.3) is 5.57 Å². The topological polar surface area (TPSA) is 130 Å². The van der Waals surface area contributed by atoms with E-state index < -0.39 is 10.1 Å². The second-order valence-corrected chi connectivity index (χ2v) is 7.85. The molecule has 0 radical (unpaired) electrons. The van der Waals surface area contributed by atoms with Crippen LogP contribution in [0.1, 0.15) is 18.1 Å². The number of nitrogen functional groups attached to an aromatic ring is 2. The summed E-state index contributed by atoms with van der Waals surface area (Å²) in [6.07, 6.45) is 6.58. The van der Waals surface area contributed by atoms with Crippen molar-refractivity contribution < 1.29 is 13.0 Å². The van der Waals surface area contributed by atoms with Gasteiger partial charge >= 0.3 is 0 Å². The lowest BCUT2D eigenvalue weighted by Crippen LogP contribution is -2.01. The number of rotatable bonds is 2. The van der Waals surface area contributed by atoms with Crippen LogP contribution in [-0.4, -0.2) is 24.9 Å². The Morgan fingerprint density at radius 2 is 1.29 bits per heavy atom. The minimum Gasteiger partial charge on any atom is -0.399 e. The van der Waals surface area contributed by atoms with Crippen LogP contribution in [0.2, 0.25) is 0 Å². The fraction of sp³-hybridized carbons (Fsp3) is 0.0952. The van der Waals surface area contributed by atoms with Gasteiger partial charge in [-0.25, -0.2) is 0 Å². The van der Waals surface area contributed by atoms with Crippen LogP contribution in [-0.2, 0) is 10.1 Å². The second-order valence-electron chi connectivity index (χ2n) is 6.38. The van der Waals surface area contributed by atoms with E-state index in [1.165, 1.54) is 0 Å². The zero-order valence-electron chi connectivity index (χ0n) is 15.7. The van der Waals surface area contributed by atoms with Crippen molar-refractivity contribution in [2.24, 2.45) is 0 Å². The van der Waals surface area contributed by atoms with Gasteiger partial charge in [-0.05, 0) is 71.2 Å². The summed E-state index contributed by atoms with van der Waals surface area (Å²) in [5, 5.41) is 7.88. The molecule has 6 nitrogen and oxygen atoms in total. The van der Waals surface area contributed by atoms with Crippen molar-refractivity contribution in [3.63, 3.8) is 0 Å². The van der Waals surface area contributed by atoms with Crippen molar-refractivity contribution in [3.8, 4) is 0 Å². The Hall–Kier alpha value is -3.16. The highest BCUT2D eigenvalue weighted by atomic mass is 32.2. The summed E-state index contributed by atoms with van der Waals surface area (Å²) in [4.78, 5) is 0. The minimum absolute atomic E-state index is 0.544. The highest BCUT2D eigenvalue weighted by molar-refractivity contribution is 7.85. The molecule has 28 heavy (non-hydrogen) atoms. The zero-order chi connectivity index (χ0) is 20.9. The van der Waals surface area contributed by atoms with Crippen molar-refractivity contribution in [1.29, 1.82) is 5.41 Å². The van der Waals surface area contributed by atoms with Gasteiger partial charge in [0.1, 0.15) is 0 Å². The van der Waals surface area contributed by atoms with E-state index in [1.807, 2.05) is 73.7 Å². The maximum absolute atomic E-state index is 9.19. The van der Waals surface area contributed by atoms with E-state index in [0.29, 0.717) is 12.0 Å². The number of anilines is 2. The normalized spacial score (nSPS) is 13.5. The van der Waals surface area contributed by atoms with E-state index in [1.54, 1.807) is 0 Å². The Bertz CT molecular complexity index is 1010. The molecule has 0 fully saturated rings. The lowest BCUT2D eigenvalue weighted by atomic mass is 9.89. The number of allylic oxidation sites excluding steroid dienone is 5. The molecule has 146 valence electrons. The summed E-state index contributed by atoms with van der Waals surface area (Å²) < 4.78 is 25.9. The fourth-order valence-corrected chi connectivity index (χ4v) is 2.62. The van der Waals surface area contributed by atoms with Crippen molar-refractivity contribution in [1.82, 2.24) is 0 Å². The van der Waals surface area contributed by atoms with E-state index in [0.717, 1.165) is 39.2 Å². The number of nitrogens with one attached hydrogen (secondary N) is 1. The summed E-state index contributed by atoms with van der Waals surface area (Å²) in [7, 11) is -3.67. The van der Waals surface area contributed by atoms with Crippen molar-refractivity contribution in [2.75, 3.05) is 17.7 Å². The summed E-state index contributed by atoms with van der Waals surface area (Å²) in [6.45, 7) is 1.95. The van der Waals surface area contributed by atoms with E-state index >= 15 is 0 Å². The molecule has 7 heteroatoms. The molecule has 0 saturated heterocycles. The molecule has 0 aliphatic heterocycles. The van der Waals surface area contributed by atoms with E-state index in [-0.39, 0.29) is 0 Å². The van der Waals surface area contributed by atoms with Gasteiger partial charge in [0.15, 0.2) is 0 Å². The molecule has 1 aliphatic rings. The van der Waals surface area contributed by atoms with Crippen LogP contribution in [0, 0.1) is 5.41 Å². The van der Waals surface area contributed by atoms with Crippen molar-refractivity contribution in [3.05, 3.63) is 89.0 Å². The monoisotopic (exact) mass is 397 g/mol. The maximum Gasteiger partial charge on any atom is 0.261 e. The molecule has 0 amide bonds. The third kappa shape index (κ3) is 6.22. The summed E-state index contributed by atoms with van der Waals surface area (Å²) in [6, 6.07) is 15.7. The van der Waals surface area contributed by atoms with Gasteiger partial charge < -0.3 is 16.9 Å². The molecule has 0 atom stereocenters. The van der Waals surface area contributed by atoms with Gasteiger partial charge in [0.2, 0.25) is 0 Å². The van der Waals surface area contributed by atoms with Crippen LogP contribution in [0.4, 0.5) is 11.4 Å². The lowest BCUT2D eigenvalue weighted by Gasteiger charge is -2.16. The maximum atomic E-state index is 9.19. The molecule has 0 unspecified atom stereocenters. The first-order chi connectivity index (χ1) is 13.0. The van der Waals surface area contributed by atoms with E-state index in [2.05, 4.69) is 0 Å². The molecule has 2 aromatic carbocycles. The Kier molecular flexibility index (Phi) is 6.56. The van der Waals surface area contributed by atoms with Gasteiger partial charge in [-0.3, -0.25) is 4.55 Å². The van der Waals surface area contributed by atoms with Crippen LogP contribution in [0.3, 0.4) is 0 Å². The Morgan fingerprint density at radius 3 is 1.64 bits per heavy atom. The van der Waals surface area contributed by atoms with E-state index in [9.17, 15) is 8.42 Å². The molecule has 0 heterocycles. The first kappa shape index (κ1) is 21.1. The molecule has 1 aliphatic carbocycles. The lowest BCUT2D eigenvalue weighted by molar-refractivity contribution is 0.490. The van der Waals surface area contributed by atoms with Crippen LogP contribution >= 0.6 is 0 Å². The van der Waals surface area contributed by atoms with Gasteiger partial charge in [-0.15, -0.1) is 0 Å². The smallest absolute Gasteiger partial charge is 0.261 e. The highest BCUT2D eigenvalue weighted by Gasteiger charge is 2.12. The first-order valence-electron chi connectivity index (χ1n) is 8.38. The van der Waals surface area contributed by atoms with Gasteiger partial charge in [-0.2, -0.15) is 8.42 Å². The fourth-order valence-electron chi connectivity index (χ4n) is 2.62. The predicted octanol–water partition coefficient (Wildman–Crippen LogP) is 3.69. The average molecular weight is 398 g/mol. The number of nitrogens with two attached hydrogens (primary N) is 2. The Labute approximate surface area is 165 Å². The molecule has 3 rings (SSSR count). The number of benzene rings is 2. The number of hydrogen-bond donors (Lipinski definition) is 4. The predicted molar refractivity (Wildman–Crippen MR) is 116 cm³/mol. The zero-order valence-corrected chi connectivity index (χ0v) is 16.5. The first-order valence-corrected chi connectivity index (χ1v) is 10.2. The SMILES string of the molecule is CC1=CC(=C(c2ccc(N)cc2)c2ccc(N)cc2)C=CC1=N.CS(=O)(=O)O. The van der Waals surface area contributed by atoms with Crippen LogP contribution < -0.4 is 11.5 Å². The molecular weight excluding hydrogens is 374 g/mol. The minimum atomic E-state index is -3.67. The summed E-state index contributed by atoms with van der Waals surface area (Å²) in [5.74, 6) is 0. The molecule has 2 aromatic rings. The summed E-state index contributed by atoms with van der Waals surface area (Å²) >= 11 is 0. The average Bonchev–Trinajstić information content (AvgIpc) is 2.60. The quantitative estimate of drug-likeness (QED) is 0.453. The third-order valence-electron chi connectivity index (χ3n) is 3.91. The molecule has 6 N–H and O–H groups in total. The highest BCUT2D eigenvalue weighted by Crippen LogP contribution is 2.31. The Balaban J connectivity index is 0.000000500. The van der Waals surface area contributed by atoms with E-state index in [4.69, 9.17) is 21.4 Å². The molecule has 0 aromatic heterocycles. The second kappa shape index (κ2) is 8.69. The molecule has 0 saturated carbocycles. The summed E-state index contributed by atoms with van der Waals surface area (Å²) in [5.41, 5.74) is 19.0. The molecular formula is C21H23N3O3S. The van der Waals surface area contributed by atoms with Gasteiger partial charge in [0, 0.05) is 11.4 Å². The van der Waals surface area contributed by atoms with Gasteiger partial charge in [0.05, 0.1) is 12.0 Å². The van der Waals surface area contributed by atoms with Crippen LogP contribution in [0.15, 0.2) is 77.9 Å². The number of hydrogen-bond acceptors (Lipinski definition) is 5. The molecule has 0 bridgehead atoms. The van der Waals surface area contributed by atoms with Crippen LogP contribution in [0.5, 0.6) is 0 Å². The van der Waals surface area contributed by atoms with Gasteiger partial charge in [-0.1, -0.05) is 30.3 Å². The third-order valence-corrected chi connectivity index (χ3v) is 3.91. The molecule has 0 spiro atoms. The Morgan fingerprint density at radius 1 is 0.893 bits per heavy atom. The standard InChI is InChI=1S/C20H19N3.CH4O3S/c1-13-12-16(6-11-19(13)23)20(14-2-7-17(21)8-3-14)15-4-9-18(22)10-5-15;1-5(2,3)4/h2-12,23H,21-22H2,1H3;1H3,(H,2,3,4). The van der Waals surface area contributed by atoms with Crippen molar-refractivity contribution >= 4 is 32.8 Å². The van der Waals surface area contributed by atoms with Crippen molar-refractivity contribution in [2.45, 2.75) is 6.92 Å². The largest absolute Gasteiger partial charge is 0.399 e. The van der Waals surface area contributed by atoms with Gasteiger partial charge in [0.25, 0.3) is 10.1 Å².